The summed E-state index contributed by atoms with van der Waals surface area (Å²) < 4.78 is 10.4. The van der Waals surface area contributed by atoms with Gasteiger partial charge in [0.2, 0.25) is 0 Å². The van der Waals surface area contributed by atoms with Crippen molar-refractivity contribution in [3.63, 3.8) is 0 Å². The smallest absolute Gasteiger partial charge is 0.305 e. The van der Waals surface area contributed by atoms with Crippen molar-refractivity contribution in [2.45, 2.75) is 181 Å². The van der Waals surface area contributed by atoms with Crippen molar-refractivity contribution >= 4 is 11.9 Å². The van der Waals surface area contributed by atoms with Crippen LogP contribution in [-0.4, -0.2) is 25.2 Å². The fourth-order valence-corrected chi connectivity index (χ4v) is 5.02. The van der Waals surface area contributed by atoms with E-state index in [2.05, 4.69) is 62.5 Å². The summed E-state index contributed by atoms with van der Waals surface area (Å²) in [6.07, 6.45) is 47.8. The number of carbonyl (C=O) groups is 2. The molecule has 4 heteroatoms. The van der Waals surface area contributed by atoms with Crippen molar-refractivity contribution in [1.82, 2.24) is 0 Å². The van der Waals surface area contributed by atoms with Crippen LogP contribution >= 0.6 is 0 Å². The molecular formula is C40H70O4. The highest BCUT2D eigenvalue weighted by Crippen LogP contribution is 2.14. The molecule has 0 N–H and O–H groups in total. The first-order valence-electron chi connectivity index (χ1n) is 18.6. The zero-order valence-corrected chi connectivity index (χ0v) is 29.1. The number of unbranched alkanes of at least 4 members (excludes halogenated alkanes) is 18. The van der Waals surface area contributed by atoms with E-state index in [1.807, 2.05) is 0 Å². The Balaban J connectivity index is 3.42. The van der Waals surface area contributed by atoms with E-state index in [9.17, 15) is 9.59 Å². The molecule has 0 saturated carbocycles. The Morgan fingerprint density at radius 2 is 0.705 bits per heavy atom. The molecule has 0 aliphatic heterocycles. The molecule has 0 unspecified atom stereocenters. The molecule has 0 aliphatic rings. The van der Waals surface area contributed by atoms with E-state index >= 15 is 0 Å². The lowest BCUT2D eigenvalue weighted by molar-refractivity contribution is -0.152. The molecule has 0 radical (unpaired) electrons. The predicted octanol–water partition coefficient (Wildman–Crippen LogP) is 12.5. The number of esters is 2. The van der Waals surface area contributed by atoms with Crippen LogP contribution in [0.5, 0.6) is 0 Å². The number of hydrogen-bond donors (Lipinski definition) is 0. The average Bonchev–Trinajstić information content (AvgIpc) is 3.02. The van der Waals surface area contributed by atoms with Crippen LogP contribution in [0, 0.1) is 0 Å². The van der Waals surface area contributed by atoms with E-state index in [4.69, 9.17) is 9.47 Å². The highest BCUT2D eigenvalue weighted by atomic mass is 16.6. The van der Waals surface area contributed by atoms with Gasteiger partial charge < -0.3 is 9.47 Å². The Hall–Kier alpha value is -2.10. The van der Waals surface area contributed by atoms with Gasteiger partial charge in [0.25, 0.3) is 0 Å². The number of rotatable bonds is 33. The van der Waals surface area contributed by atoms with Gasteiger partial charge in [-0.15, -0.1) is 0 Å². The maximum absolute atomic E-state index is 11.9. The molecule has 4 nitrogen and oxygen atoms in total. The van der Waals surface area contributed by atoms with Crippen molar-refractivity contribution in [2.75, 3.05) is 13.2 Å². The minimum absolute atomic E-state index is 0.147. The summed E-state index contributed by atoms with van der Waals surface area (Å²) in [5.41, 5.74) is 0. The van der Waals surface area contributed by atoms with Gasteiger partial charge in [0, 0.05) is 12.8 Å². The molecule has 0 heterocycles. The summed E-state index contributed by atoms with van der Waals surface area (Å²) in [7, 11) is 0. The Morgan fingerprint density at radius 3 is 1.14 bits per heavy atom. The van der Waals surface area contributed by atoms with Crippen LogP contribution < -0.4 is 0 Å². The van der Waals surface area contributed by atoms with Gasteiger partial charge in [0.15, 0.2) is 0 Å². The second-order valence-electron chi connectivity index (χ2n) is 12.1. The van der Waals surface area contributed by atoms with E-state index in [-0.39, 0.29) is 25.2 Å². The van der Waals surface area contributed by atoms with Crippen LogP contribution in [0.15, 0.2) is 48.6 Å². The average molecular weight is 615 g/mol. The largest absolute Gasteiger partial charge is 0.462 e. The van der Waals surface area contributed by atoms with Gasteiger partial charge in [-0.05, 0) is 51.4 Å². The van der Waals surface area contributed by atoms with Crippen LogP contribution in [0.25, 0.3) is 0 Å². The molecule has 0 bridgehead atoms. The fraction of sp³-hybridized carbons (Fsp3) is 0.750. The third-order valence-corrected chi connectivity index (χ3v) is 7.80. The van der Waals surface area contributed by atoms with E-state index in [0.29, 0.717) is 12.8 Å². The van der Waals surface area contributed by atoms with Gasteiger partial charge in [0.05, 0.1) is 0 Å². The van der Waals surface area contributed by atoms with E-state index in [0.717, 1.165) is 44.9 Å². The minimum Gasteiger partial charge on any atom is -0.462 e. The highest BCUT2D eigenvalue weighted by molar-refractivity contribution is 5.70. The van der Waals surface area contributed by atoms with Crippen molar-refractivity contribution in [3.8, 4) is 0 Å². The van der Waals surface area contributed by atoms with Gasteiger partial charge in [-0.1, -0.05) is 165 Å². The van der Waals surface area contributed by atoms with E-state index in [1.54, 1.807) is 0 Å². The van der Waals surface area contributed by atoms with Crippen molar-refractivity contribution in [2.24, 2.45) is 0 Å². The zero-order chi connectivity index (χ0) is 32.0. The van der Waals surface area contributed by atoms with Crippen LogP contribution in [0.2, 0.25) is 0 Å². The summed E-state index contributed by atoms with van der Waals surface area (Å²) in [5.74, 6) is -0.407. The fourth-order valence-electron chi connectivity index (χ4n) is 5.02. The van der Waals surface area contributed by atoms with Gasteiger partial charge in [0.1, 0.15) is 13.2 Å². The maximum atomic E-state index is 11.9. The molecule has 0 atom stereocenters. The normalized spacial score (nSPS) is 12.0. The third kappa shape index (κ3) is 36.1. The molecule has 0 aromatic carbocycles. The van der Waals surface area contributed by atoms with Crippen molar-refractivity contribution in [1.29, 1.82) is 0 Å². The SMILES string of the molecule is CCCCC/C=C\C/C=C\C/C=C\C/C=C\CCCC(=O)OCCOC(=O)CCCCCCCCCCCCCCCCC. The summed E-state index contributed by atoms with van der Waals surface area (Å²) >= 11 is 0. The van der Waals surface area contributed by atoms with E-state index in [1.165, 1.54) is 109 Å². The first-order valence-corrected chi connectivity index (χ1v) is 18.6. The molecule has 0 aromatic rings. The number of carbonyl (C=O) groups excluding carboxylic acids is 2. The number of hydrogen-bond acceptors (Lipinski definition) is 4. The number of allylic oxidation sites excluding steroid dienone is 8. The second kappa shape index (κ2) is 37.1. The Labute approximate surface area is 273 Å². The molecular weight excluding hydrogens is 544 g/mol. The standard InChI is InChI=1S/C40H70O4/c1-3-5-7-9-11-13-15-17-19-20-22-24-26-28-30-32-34-36-40(42)44-38-37-43-39(41)35-33-31-29-27-25-23-21-18-16-14-12-10-8-6-4-2/h11,13,17,19,22,24,28,30H,3-10,12,14-16,18,20-21,23,25-27,29,31-38H2,1-2H3/b13-11-,19-17-,24-22-,30-28-. The molecule has 44 heavy (non-hydrogen) atoms. The third-order valence-electron chi connectivity index (χ3n) is 7.80. The van der Waals surface area contributed by atoms with Gasteiger partial charge in [-0.25, -0.2) is 0 Å². The molecule has 0 aromatic heterocycles. The quantitative estimate of drug-likeness (QED) is 0.0419. The van der Waals surface area contributed by atoms with Crippen molar-refractivity contribution < 1.29 is 19.1 Å². The Kier molecular flexibility index (Phi) is 35.3. The second-order valence-corrected chi connectivity index (χ2v) is 12.1. The summed E-state index contributed by atoms with van der Waals surface area (Å²) in [6, 6.07) is 0. The lowest BCUT2D eigenvalue weighted by Crippen LogP contribution is -2.13. The Morgan fingerprint density at radius 1 is 0.386 bits per heavy atom. The molecule has 0 amide bonds. The monoisotopic (exact) mass is 615 g/mol. The molecule has 0 saturated heterocycles. The van der Waals surface area contributed by atoms with E-state index < -0.39 is 0 Å². The van der Waals surface area contributed by atoms with Gasteiger partial charge in [-0.3, -0.25) is 9.59 Å². The maximum Gasteiger partial charge on any atom is 0.305 e. The summed E-state index contributed by atoms with van der Waals surface area (Å²) in [6.45, 7) is 4.81. The van der Waals surface area contributed by atoms with Crippen LogP contribution in [0.3, 0.4) is 0 Å². The lowest BCUT2D eigenvalue weighted by Gasteiger charge is -2.06. The van der Waals surface area contributed by atoms with Crippen LogP contribution in [0.1, 0.15) is 181 Å². The first kappa shape index (κ1) is 41.9. The molecule has 0 spiro atoms. The predicted molar refractivity (Wildman–Crippen MR) is 190 cm³/mol. The van der Waals surface area contributed by atoms with Crippen LogP contribution in [-0.2, 0) is 19.1 Å². The molecule has 0 rings (SSSR count). The minimum atomic E-state index is -0.223. The van der Waals surface area contributed by atoms with Gasteiger partial charge in [-0.2, -0.15) is 0 Å². The summed E-state index contributed by atoms with van der Waals surface area (Å²) in [4.78, 5) is 23.8. The molecule has 0 aliphatic carbocycles. The van der Waals surface area contributed by atoms with Gasteiger partial charge >= 0.3 is 11.9 Å². The van der Waals surface area contributed by atoms with Crippen LogP contribution in [0.4, 0.5) is 0 Å². The highest BCUT2D eigenvalue weighted by Gasteiger charge is 2.05. The van der Waals surface area contributed by atoms with Crippen molar-refractivity contribution in [3.05, 3.63) is 48.6 Å². The first-order chi connectivity index (χ1) is 21.7. The summed E-state index contributed by atoms with van der Waals surface area (Å²) in [5, 5.41) is 0. The number of ether oxygens (including phenoxy) is 2. The molecule has 254 valence electrons. The lowest BCUT2D eigenvalue weighted by atomic mass is 10.0. The molecule has 0 fully saturated rings. The zero-order valence-electron chi connectivity index (χ0n) is 29.1. The topological polar surface area (TPSA) is 52.6 Å². The Bertz CT molecular complexity index is 734.